The van der Waals surface area contributed by atoms with Crippen molar-refractivity contribution < 1.29 is 13.2 Å². The second kappa shape index (κ2) is 7.16. The summed E-state index contributed by atoms with van der Waals surface area (Å²) in [6, 6.07) is 7.25. The number of aromatic nitrogens is 2. The average molecular weight is 367 g/mol. The molecule has 0 atom stereocenters. The molecule has 2 aromatic heterocycles. The van der Waals surface area contributed by atoms with Crippen molar-refractivity contribution in [2.45, 2.75) is 43.4 Å². The summed E-state index contributed by atoms with van der Waals surface area (Å²) in [5.74, 6) is 0.493. The summed E-state index contributed by atoms with van der Waals surface area (Å²) in [4.78, 5) is 1.09. The van der Waals surface area contributed by atoms with Crippen LogP contribution in [0.3, 0.4) is 0 Å². The van der Waals surface area contributed by atoms with Crippen molar-refractivity contribution in [2.24, 2.45) is 0 Å². The maximum Gasteiger partial charge on any atom is 0.252 e. The molecule has 1 aliphatic rings. The second-order valence-electron chi connectivity index (χ2n) is 5.81. The highest BCUT2D eigenvalue weighted by Gasteiger charge is 2.31. The number of aryl methyl sites for hydroxylation is 2. The molecule has 0 spiro atoms. The fourth-order valence-electron chi connectivity index (χ4n) is 2.62. The normalized spacial score (nSPS) is 17.1. The third kappa shape index (κ3) is 3.76. The molecule has 3 rings (SSSR count). The van der Waals surface area contributed by atoms with Gasteiger partial charge in [0.05, 0.1) is 5.69 Å². The van der Waals surface area contributed by atoms with Gasteiger partial charge in [-0.1, -0.05) is 6.92 Å². The average Bonchev–Trinajstić information content (AvgIpc) is 3.07. The number of ether oxygens (including phenoxy) is 1. The lowest BCUT2D eigenvalue weighted by Gasteiger charge is -2.30. The summed E-state index contributed by atoms with van der Waals surface area (Å²) in [6.45, 7) is 4.82. The van der Waals surface area contributed by atoms with Gasteiger partial charge in [-0.05, 0) is 44.4 Å². The number of hydrogen-bond acceptors (Lipinski definition) is 6. The molecule has 0 aliphatic carbocycles. The molecule has 1 saturated heterocycles. The van der Waals surface area contributed by atoms with Gasteiger partial charge >= 0.3 is 0 Å². The summed E-state index contributed by atoms with van der Waals surface area (Å²) in [5, 5.41) is 7.97. The Balaban J connectivity index is 1.60. The van der Waals surface area contributed by atoms with Gasteiger partial charge in [-0.15, -0.1) is 16.4 Å². The topological polar surface area (TPSA) is 72.4 Å². The molecule has 1 aliphatic heterocycles. The Bertz CT molecular complexity index is 779. The molecule has 0 saturated carbocycles. The number of piperidine rings is 1. The first kappa shape index (κ1) is 17.3. The fraction of sp³-hybridized carbons (Fsp3) is 0.500. The molecular weight excluding hydrogens is 346 g/mol. The number of nitrogens with zero attached hydrogens (tertiary/aromatic N) is 3. The minimum absolute atomic E-state index is 0.0250. The van der Waals surface area contributed by atoms with Gasteiger partial charge in [0, 0.05) is 24.0 Å². The van der Waals surface area contributed by atoms with E-state index in [1.807, 2.05) is 26.0 Å². The van der Waals surface area contributed by atoms with Crippen molar-refractivity contribution in [2.75, 3.05) is 13.1 Å². The zero-order chi connectivity index (χ0) is 17.2. The molecule has 0 amide bonds. The molecule has 8 heteroatoms. The van der Waals surface area contributed by atoms with Crippen LogP contribution in [0.4, 0.5) is 0 Å². The van der Waals surface area contributed by atoms with Gasteiger partial charge in [0.25, 0.3) is 10.0 Å². The maximum absolute atomic E-state index is 12.7. The van der Waals surface area contributed by atoms with E-state index in [0.717, 1.165) is 17.0 Å². The molecule has 6 nitrogen and oxygen atoms in total. The highest BCUT2D eigenvalue weighted by Crippen LogP contribution is 2.28. The van der Waals surface area contributed by atoms with Crippen LogP contribution in [0.25, 0.3) is 0 Å². The maximum atomic E-state index is 12.7. The van der Waals surface area contributed by atoms with Crippen molar-refractivity contribution in [3.63, 3.8) is 0 Å². The van der Waals surface area contributed by atoms with E-state index in [1.54, 1.807) is 16.4 Å². The molecule has 0 radical (unpaired) electrons. The van der Waals surface area contributed by atoms with Crippen LogP contribution in [0.5, 0.6) is 5.88 Å². The first-order valence-corrected chi connectivity index (χ1v) is 10.3. The molecular formula is C16H21N3O3S2. The highest BCUT2D eigenvalue weighted by atomic mass is 32.2. The number of sulfonamides is 1. The summed E-state index contributed by atoms with van der Waals surface area (Å²) < 4.78 is 33.2. The quantitative estimate of drug-likeness (QED) is 0.812. The van der Waals surface area contributed by atoms with Gasteiger partial charge in [0.1, 0.15) is 10.3 Å². The predicted molar refractivity (Wildman–Crippen MR) is 92.9 cm³/mol. The van der Waals surface area contributed by atoms with Gasteiger partial charge in [-0.2, -0.15) is 9.40 Å². The minimum Gasteiger partial charge on any atom is -0.473 e. The summed E-state index contributed by atoms with van der Waals surface area (Å²) in [5.41, 5.74) is 0.839. The lowest BCUT2D eigenvalue weighted by Crippen LogP contribution is -2.41. The lowest BCUT2D eigenvalue weighted by atomic mass is 10.1. The molecule has 1 fully saturated rings. The van der Waals surface area contributed by atoms with E-state index in [4.69, 9.17) is 4.74 Å². The Morgan fingerprint density at radius 2 is 1.96 bits per heavy atom. The SMILES string of the molecule is CCc1ccc(S(=O)(=O)N2CCC(Oc3ccc(C)nn3)CC2)s1. The van der Waals surface area contributed by atoms with Crippen LogP contribution in [-0.2, 0) is 16.4 Å². The Hall–Kier alpha value is -1.51. The zero-order valence-corrected chi connectivity index (χ0v) is 15.4. The van der Waals surface area contributed by atoms with Crippen LogP contribution in [-0.4, -0.2) is 42.1 Å². The largest absolute Gasteiger partial charge is 0.473 e. The second-order valence-corrected chi connectivity index (χ2v) is 9.14. The van der Waals surface area contributed by atoms with Crippen LogP contribution >= 0.6 is 11.3 Å². The number of rotatable bonds is 5. The van der Waals surface area contributed by atoms with Crippen LogP contribution in [0.1, 0.15) is 30.3 Å². The summed E-state index contributed by atoms with van der Waals surface area (Å²) >= 11 is 1.36. The van der Waals surface area contributed by atoms with Crippen molar-refractivity contribution in [1.82, 2.24) is 14.5 Å². The van der Waals surface area contributed by atoms with Crippen LogP contribution < -0.4 is 4.74 Å². The van der Waals surface area contributed by atoms with Crippen molar-refractivity contribution >= 4 is 21.4 Å². The van der Waals surface area contributed by atoms with E-state index in [9.17, 15) is 8.42 Å². The monoisotopic (exact) mass is 367 g/mol. The third-order valence-corrected chi connectivity index (χ3v) is 7.64. The van der Waals surface area contributed by atoms with Gasteiger partial charge in [-0.25, -0.2) is 8.42 Å². The standard InChI is InChI=1S/C16H21N3O3S2/c1-3-14-5-7-16(23-14)24(20,21)19-10-8-13(9-11-19)22-15-6-4-12(2)17-18-15/h4-7,13H,3,8-11H2,1-2H3. The van der Waals surface area contributed by atoms with Crippen LogP contribution in [0.15, 0.2) is 28.5 Å². The van der Waals surface area contributed by atoms with E-state index < -0.39 is 10.0 Å². The zero-order valence-electron chi connectivity index (χ0n) is 13.8. The van der Waals surface area contributed by atoms with Gasteiger partial charge < -0.3 is 4.74 Å². The summed E-state index contributed by atoms with van der Waals surface area (Å²) in [7, 11) is -3.38. The predicted octanol–water partition coefficient (Wildman–Crippen LogP) is 2.64. The Kier molecular flexibility index (Phi) is 5.17. The molecule has 0 N–H and O–H groups in total. The number of hydrogen-bond donors (Lipinski definition) is 0. The molecule has 0 bridgehead atoms. The molecule has 0 aromatic carbocycles. The van der Waals surface area contributed by atoms with Crippen LogP contribution in [0.2, 0.25) is 0 Å². The minimum atomic E-state index is -3.38. The molecule has 130 valence electrons. The molecule has 0 unspecified atom stereocenters. The fourth-order valence-corrected chi connectivity index (χ4v) is 5.54. The molecule has 2 aromatic rings. The van der Waals surface area contributed by atoms with E-state index in [-0.39, 0.29) is 6.10 Å². The Morgan fingerprint density at radius 1 is 1.21 bits per heavy atom. The van der Waals surface area contributed by atoms with Gasteiger partial charge in [-0.3, -0.25) is 0 Å². The smallest absolute Gasteiger partial charge is 0.252 e. The highest BCUT2D eigenvalue weighted by molar-refractivity contribution is 7.91. The third-order valence-electron chi connectivity index (χ3n) is 4.04. The molecule has 3 heterocycles. The Labute approximate surface area is 146 Å². The van der Waals surface area contributed by atoms with Crippen molar-refractivity contribution in [1.29, 1.82) is 0 Å². The first-order valence-electron chi connectivity index (χ1n) is 8.05. The van der Waals surface area contributed by atoms with E-state index in [1.165, 1.54) is 11.3 Å². The first-order chi connectivity index (χ1) is 11.5. The Morgan fingerprint density at radius 3 is 2.54 bits per heavy atom. The van der Waals surface area contributed by atoms with Crippen molar-refractivity contribution in [3.8, 4) is 5.88 Å². The lowest BCUT2D eigenvalue weighted by molar-refractivity contribution is 0.128. The number of thiophene rings is 1. The van der Waals surface area contributed by atoms with Crippen molar-refractivity contribution in [3.05, 3.63) is 34.8 Å². The summed E-state index contributed by atoms with van der Waals surface area (Å²) in [6.07, 6.45) is 2.14. The van der Waals surface area contributed by atoms with Gasteiger partial charge in [0.15, 0.2) is 0 Å². The van der Waals surface area contributed by atoms with E-state index in [2.05, 4.69) is 10.2 Å². The molecule has 24 heavy (non-hydrogen) atoms. The van der Waals surface area contributed by atoms with Crippen LogP contribution in [0, 0.1) is 6.92 Å². The van der Waals surface area contributed by atoms with E-state index in [0.29, 0.717) is 36.0 Å². The van der Waals surface area contributed by atoms with Gasteiger partial charge in [0.2, 0.25) is 5.88 Å². The van der Waals surface area contributed by atoms with E-state index >= 15 is 0 Å².